The minimum Gasteiger partial charge on any atom is -0.297 e. The SMILES string of the molecule is CC1=C[C@@H]2[C@H](Cl)C(=O)[C@]2(C)CC1. The average Bonchev–Trinajstić information content (AvgIpc) is 2.08. The second-order valence-electron chi connectivity index (χ2n) is 4.22. The predicted octanol–water partition coefficient (Wildman–Crippen LogP) is 2.54. The molecule has 1 saturated carbocycles. The van der Waals surface area contributed by atoms with Crippen molar-refractivity contribution in [1.82, 2.24) is 0 Å². The summed E-state index contributed by atoms with van der Waals surface area (Å²) in [5, 5.41) is -0.245. The summed E-state index contributed by atoms with van der Waals surface area (Å²) in [7, 11) is 0. The highest BCUT2D eigenvalue weighted by molar-refractivity contribution is 6.35. The van der Waals surface area contributed by atoms with Crippen LogP contribution in [0.1, 0.15) is 26.7 Å². The maximum Gasteiger partial charge on any atom is 0.157 e. The quantitative estimate of drug-likeness (QED) is 0.418. The van der Waals surface area contributed by atoms with Gasteiger partial charge in [0.1, 0.15) is 0 Å². The van der Waals surface area contributed by atoms with Crippen LogP contribution in [0.25, 0.3) is 0 Å². The van der Waals surface area contributed by atoms with Gasteiger partial charge in [0.25, 0.3) is 0 Å². The van der Waals surface area contributed by atoms with E-state index in [-0.39, 0.29) is 16.6 Å². The largest absolute Gasteiger partial charge is 0.297 e. The lowest BCUT2D eigenvalue weighted by Gasteiger charge is -2.50. The molecule has 0 radical (unpaired) electrons. The summed E-state index contributed by atoms with van der Waals surface area (Å²) in [6, 6.07) is 0. The number of halogens is 1. The molecule has 0 aromatic carbocycles. The van der Waals surface area contributed by atoms with Crippen molar-refractivity contribution in [3.05, 3.63) is 11.6 Å². The molecule has 2 heteroatoms. The summed E-state index contributed by atoms with van der Waals surface area (Å²) >= 11 is 5.93. The van der Waals surface area contributed by atoms with Crippen molar-refractivity contribution in [2.75, 3.05) is 0 Å². The molecule has 0 heterocycles. The van der Waals surface area contributed by atoms with Gasteiger partial charge in [-0.15, -0.1) is 11.6 Å². The van der Waals surface area contributed by atoms with E-state index in [0.29, 0.717) is 5.92 Å². The van der Waals surface area contributed by atoms with E-state index < -0.39 is 0 Å². The zero-order valence-electron chi connectivity index (χ0n) is 7.43. The van der Waals surface area contributed by atoms with Crippen molar-refractivity contribution in [2.24, 2.45) is 11.3 Å². The van der Waals surface area contributed by atoms with Crippen LogP contribution >= 0.6 is 11.6 Å². The fourth-order valence-corrected chi connectivity index (χ4v) is 2.87. The average molecular weight is 185 g/mol. The number of carbonyl (C=O) groups is 1. The van der Waals surface area contributed by atoms with Crippen LogP contribution in [0.4, 0.5) is 0 Å². The second kappa shape index (κ2) is 2.35. The van der Waals surface area contributed by atoms with Crippen LogP contribution in [0.15, 0.2) is 11.6 Å². The van der Waals surface area contributed by atoms with Crippen molar-refractivity contribution >= 4 is 17.4 Å². The normalized spacial score (nSPS) is 46.2. The van der Waals surface area contributed by atoms with E-state index >= 15 is 0 Å². The van der Waals surface area contributed by atoms with Crippen LogP contribution in [0.5, 0.6) is 0 Å². The second-order valence-corrected chi connectivity index (χ2v) is 4.69. The van der Waals surface area contributed by atoms with Gasteiger partial charge in [0.05, 0.1) is 5.38 Å². The fourth-order valence-electron chi connectivity index (χ4n) is 2.27. The highest BCUT2D eigenvalue weighted by Gasteiger charge is 2.57. The molecule has 1 fully saturated rings. The maximum atomic E-state index is 11.5. The summed E-state index contributed by atoms with van der Waals surface area (Å²) in [5.74, 6) is 0.554. The van der Waals surface area contributed by atoms with Crippen molar-refractivity contribution in [3.63, 3.8) is 0 Å². The van der Waals surface area contributed by atoms with Crippen LogP contribution in [-0.4, -0.2) is 11.2 Å². The third-order valence-electron chi connectivity index (χ3n) is 3.37. The number of alkyl halides is 1. The first kappa shape index (κ1) is 8.31. The number of Topliss-reactive ketones (excluding diaryl/α,β-unsaturated/α-hetero) is 1. The van der Waals surface area contributed by atoms with Crippen molar-refractivity contribution in [1.29, 1.82) is 0 Å². The van der Waals surface area contributed by atoms with Crippen molar-refractivity contribution in [2.45, 2.75) is 32.1 Å². The Morgan fingerprint density at radius 2 is 2.33 bits per heavy atom. The van der Waals surface area contributed by atoms with Gasteiger partial charge in [-0.05, 0) is 19.8 Å². The molecule has 0 amide bonds. The van der Waals surface area contributed by atoms with Crippen LogP contribution < -0.4 is 0 Å². The molecule has 0 aliphatic heterocycles. The predicted molar refractivity (Wildman–Crippen MR) is 49.2 cm³/mol. The first-order valence-electron chi connectivity index (χ1n) is 4.41. The molecule has 3 atom stereocenters. The molecule has 66 valence electrons. The third-order valence-corrected chi connectivity index (χ3v) is 3.84. The van der Waals surface area contributed by atoms with Gasteiger partial charge in [-0.1, -0.05) is 18.6 Å². The van der Waals surface area contributed by atoms with E-state index in [0.717, 1.165) is 12.8 Å². The van der Waals surface area contributed by atoms with Gasteiger partial charge >= 0.3 is 0 Å². The molecular formula is C10H13ClO. The van der Waals surface area contributed by atoms with Gasteiger partial charge in [-0.3, -0.25) is 4.79 Å². The van der Waals surface area contributed by atoms with Crippen LogP contribution in [0, 0.1) is 11.3 Å². The van der Waals surface area contributed by atoms with E-state index in [1.165, 1.54) is 5.57 Å². The maximum absolute atomic E-state index is 11.5. The third kappa shape index (κ3) is 0.832. The van der Waals surface area contributed by atoms with E-state index in [1.54, 1.807) is 0 Å². The van der Waals surface area contributed by atoms with E-state index in [4.69, 9.17) is 11.6 Å². The zero-order valence-corrected chi connectivity index (χ0v) is 8.19. The van der Waals surface area contributed by atoms with E-state index in [2.05, 4.69) is 13.0 Å². The summed E-state index contributed by atoms with van der Waals surface area (Å²) in [5.41, 5.74) is 1.27. The minimum atomic E-state index is -0.245. The molecule has 2 rings (SSSR count). The van der Waals surface area contributed by atoms with E-state index in [1.807, 2.05) is 6.92 Å². The Bertz CT molecular complexity index is 269. The molecule has 1 nitrogen and oxygen atoms in total. The molecule has 2 aliphatic carbocycles. The number of carbonyl (C=O) groups excluding carboxylic acids is 1. The van der Waals surface area contributed by atoms with Gasteiger partial charge < -0.3 is 0 Å². The number of hydrogen-bond acceptors (Lipinski definition) is 1. The molecule has 0 unspecified atom stereocenters. The van der Waals surface area contributed by atoms with Gasteiger partial charge in [0, 0.05) is 11.3 Å². The highest BCUT2D eigenvalue weighted by Crippen LogP contribution is 2.53. The van der Waals surface area contributed by atoms with Gasteiger partial charge in [-0.2, -0.15) is 0 Å². The molecule has 12 heavy (non-hydrogen) atoms. The number of fused-ring (bicyclic) bond motifs is 1. The van der Waals surface area contributed by atoms with Gasteiger partial charge in [0.2, 0.25) is 0 Å². The summed E-state index contributed by atoms with van der Waals surface area (Å²) in [4.78, 5) is 11.5. The first-order valence-corrected chi connectivity index (χ1v) is 4.85. The topological polar surface area (TPSA) is 17.1 Å². The van der Waals surface area contributed by atoms with Crippen LogP contribution in [-0.2, 0) is 4.79 Å². The summed E-state index contributed by atoms with van der Waals surface area (Å²) < 4.78 is 0. The first-order chi connectivity index (χ1) is 5.55. The Labute approximate surface area is 77.8 Å². The lowest BCUT2D eigenvalue weighted by molar-refractivity contribution is -0.141. The molecule has 0 aromatic rings. The molecule has 0 aromatic heterocycles. The monoisotopic (exact) mass is 184 g/mol. The standard InChI is InChI=1S/C10H13ClO/c1-6-3-4-10(2)7(5-6)8(11)9(10)12/h5,7-8H,3-4H2,1-2H3/t7-,8+,10-/m1/s1. The lowest BCUT2D eigenvalue weighted by Crippen LogP contribution is -2.57. The smallest absolute Gasteiger partial charge is 0.157 e. The lowest BCUT2D eigenvalue weighted by atomic mass is 9.55. The number of ketones is 1. The Kier molecular flexibility index (Phi) is 1.63. The Hall–Kier alpha value is -0.300. The minimum absolute atomic E-state index is 0.119. The number of allylic oxidation sites excluding steroid dienone is 2. The van der Waals surface area contributed by atoms with Gasteiger partial charge in [-0.25, -0.2) is 0 Å². The fraction of sp³-hybridized carbons (Fsp3) is 0.700. The summed E-state index contributed by atoms with van der Waals surface area (Å²) in [6.07, 6.45) is 4.23. The Morgan fingerprint density at radius 3 is 3.00 bits per heavy atom. The molecule has 0 bridgehead atoms. The molecule has 2 aliphatic rings. The van der Waals surface area contributed by atoms with Crippen LogP contribution in [0.2, 0.25) is 0 Å². The molecular weight excluding hydrogens is 172 g/mol. The van der Waals surface area contributed by atoms with Gasteiger partial charge in [0.15, 0.2) is 5.78 Å². The van der Waals surface area contributed by atoms with Crippen molar-refractivity contribution < 1.29 is 4.79 Å². The van der Waals surface area contributed by atoms with Crippen LogP contribution in [0.3, 0.4) is 0 Å². The highest BCUT2D eigenvalue weighted by atomic mass is 35.5. The zero-order chi connectivity index (χ0) is 8.93. The van der Waals surface area contributed by atoms with Crippen molar-refractivity contribution in [3.8, 4) is 0 Å². The number of rotatable bonds is 0. The Morgan fingerprint density at radius 1 is 1.67 bits per heavy atom. The van der Waals surface area contributed by atoms with E-state index in [9.17, 15) is 4.79 Å². The molecule has 0 N–H and O–H groups in total. The Balaban J connectivity index is 2.31. The summed E-state index contributed by atoms with van der Waals surface area (Å²) in [6.45, 7) is 4.16. The number of hydrogen-bond donors (Lipinski definition) is 0. The molecule has 0 saturated heterocycles. The molecule has 0 spiro atoms.